The van der Waals surface area contributed by atoms with Gasteiger partial charge in [0.1, 0.15) is 0 Å². The van der Waals surface area contributed by atoms with Gasteiger partial charge in [-0.05, 0) is 50.6 Å². The minimum Gasteiger partial charge on any atom is -0.302 e. The van der Waals surface area contributed by atoms with Crippen LogP contribution >= 0.6 is 11.6 Å². The lowest BCUT2D eigenvalue weighted by Gasteiger charge is -2.30. The first-order valence-corrected chi connectivity index (χ1v) is 6.48. The van der Waals surface area contributed by atoms with E-state index in [1.807, 2.05) is 12.1 Å². The molecule has 1 fully saturated rings. The Bertz CT molecular complexity index is 325. The van der Waals surface area contributed by atoms with Gasteiger partial charge in [0.25, 0.3) is 0 Å². The van der Waals surface area contributed by atoms with Crippen molar-refractivity contribution in [2.24, 2.45) is 5.92 Å². The van der Waals surface area contributed by atoms with Gasteiger partial charge in [0.15, 0.2) is 0 Å². The molecule has 0 N–H and O–H groups in total. The average molecular weight is 238 g/mol. The van der Waals surface area contributed by atoms with Gasteiger partial charge in [-0.15, -0.1) is 0 Å². The van der Waals surface area contributed by atoms with Crippen LogP contribution in [0.5, 0.6) is 0 Å². The average Bonchev–Trinajstić information content (AvgIpc) is 2.74. The van der Waals surface area contributed by atoms with Gasteiger partial charge in [0.05, 0.1) is 0 Å². The first-order valence-electron chi connectivity index (χ1n) is 6.10. The van der Waals surface area contributed by atoms with Crippen LogP contribution in [0.2, 0.25) is 5.02 Å². The molecule has 0 saturated heterocycles. The second kappa shape index (κ2) is 5.20. The van der Waals surface area contributed by atoms with Gasteiger partial charge in [0.2, 0.25) is 0 Å². The Balaban J connectivity index is 2.21. The third-order valence-electron chi connectivity index (χ3n) is 3.61. The van der Waals surface area contributed by atoms with E-state index in [0.717, 1.165) is 10.9 Å². The van der Waals surface area contributed by atoms with Crippen molar-refractivity contribution in [1.29, 1.82) is 0 Å². The van der Waals surface area contributed by atoms with Gasteiger partial charge in [0, 0.05) is 11.1 Å². The van der Waals surface area contributed by atoms with Gasteiger partial charge < -0.3 is 4.90 Å². The van der Waals surface area contributed by atoms with Crippen LogP contribution in [0.15, 0.2) is 24.3 Å². The summed E-state index contributed by atoms with van der Waals surface area (Å²) in [5, 5.41) is 0.827. The van der Waals surface area contributed by atoms with E-state index in [2.05, 4.69) is 31.1 Å². The van der Waals surface area contributed by atoms with Crippen LogP contribution in [-0.2, 0) is 0 Å². The molecule has 0 heterocycles. The topological polar surface area (TPSA) is 3.24 Å². The monoisotopic (exact) mass is 237 g/mol. The van der Waals surface area contributed by atoms with E-state index in [-0.39, 0.29) is 0 Å². The molecule has 0 radical (unpaired) electrons. The van der Waals surface area contributed by atoms with E-state index in [1.165, 1.54) is 31.2 Å². The van der Waals surface area contributed by atoms with Crippen LogP contribution < -0.4 is 0 Å². The third kappa shape index (κ3) is 2.58. The Kier molecular flexibility index (Phi) is 3.88. The molecule has 2 heteroatoms. The van der Waals surface area contributed by atoms with Crippen LogP contribution in [0.25, 0.3) is 0 Å². The first-order chi connectivity index (χ1) is 7.68. The van der Waals surface area contributed by atoms with E-state index in [4.69, 9.17) is 11.6 Å². The minimum absolute atomic E-state index is 0.555. The van der Waals surface area contributed by atoms with Crippen molar-refractivity contribution in [2.45, 2.75) is 31.7 Å². The minimum atomic E-state index is 0.555. The Morgan fingerprint density at radius 1 is 1.12 bits per heavy atom. The van der Waals surface area contributed by atoms with Crippen LogP contribution in [0.1, 0.15) is 37.3 Å². The molecule has 1 aliphatic rings. The van der Waals surface area contributed by atoms with Crippen molar-refractivity contribution in [3.63, 3.8) is 0 Å². The summed E-state index contributed by atoms with van der Waals surface area (Å²) in [4.78, 5) is 2.35. The van der Waals surface area contributed by atoms with Crippen LogP contribution in [0, 0.1) is 5.92 Å². The summed E-state index contributed by atoms with van der Waals surface area (Å²) in [5.41, 5.74) is 1.40. The fraction of sp³-hybridized carbons (Fsp3) is 0.571. The number of hydrogen-bond donors (Lipinski definition) is 0. The molecule has 2 rings (SSSR count). The number of rotatable bonds is 3. The Hall–Kier alpha value is -0.530. The fourth-order valence-corrected chi connectivity index (χ4v) is 3.05. The number of nitrogens with zero attached hydrogens (tertiary/aromatic N) is 1. The third-order valence-corrected chi connectivity index (χ3v) is 3.87. The van der Waals surface area contributed by atoms with Gasteiger partial charge in [-0.2, -0.15) is 0 Å². The van der Waals surface area contributed by atoms with Gasteiger partial charge in [-0.3, -0.25) is 0 Å². The molecule has 1 aromatic rings. The van der Waals surface area contributed by atoms with Crippen LogP contribution in [-0.4, -0.2) is 19.0 Å². The molecule has 1 aromatic carbocycles. The highest BCUT2D eigenvalue weighted by Crippen LogP contribution is 2.38. The summed E-state index contributed by atoms with van der Waals surface area (Å²) in [5.74, 6) is 0.816. The molecule has 1 saturated carbocycles. The largest absolute Gasteiger partial charge is 0.302 e. The van der Waals surface area contributed by atoms with Crippen LogP contribution in [0.4, 0.5) is 0 Å². The van der Waals surface area contributed by atoms with E-state index in [1.54, 1.807) is 0 Å². The lowest BCUT2D eigenvalue weighted by Crippen LogP contribution is -2.26. The molecule has 0 spiro atoms. The Labute approximate surface area is 103 Å². The normalized spacial score (nSPS) is 19.2. The summed E-state index contributed by atoms with van der Waals surface area (Å²) in [6.45, 7) is 0. The maximum Gasteiger partial charge on any atom is 0.0406 e. The molecule has 1 nitrogen and oxygen atoms in total. The van der Waals surface area contributed by atoms with Crippen molar-refractivity contribution < 1.29 is 0 Å². The zero-order valence-corrected chi connectivity index (χ0v) is 10.9. The van der Waals surface area contributed by atoms with E-state index < -0.39 is 0 Å². The van der Waals surface area contributed by atoms with Crippen molar-refractivity contribution in [3.8, 4) is 0 Å². The molecule has 88 valence electrons. The van der Waals surface area contributed by atoms with Crippen LogP contribution in [0.3, 0.4) is 0 Å². The van der Waals surface area contributed by atoms with Crippen molar-refractivity contribution in [2.75, 3.05) is 14.1 Å². The molecule has 0 bridgehead atoms. The molecule has 0 aromatic heterocycles. The van der Waals surface area contributed by atoms with Gasteiger partial charge in [-0.25, -0.2) is 0 Å². The fourth-order valence-electron chi connectivity index (χ4n) is 2.93. The smallest absolute Gasteiger partial charge is 0.0406 e. The molecule has 0 amide bonds. The number of hydrogen-bond acceptors (Lipinski definition) is 1. The number of benzene rings is 1. The van der Waals surface area contributed by atoms with Crippen molar-refractivity contribution in [1.82, 2.24) is 4.90 Å². The lowest BCUT2D eigenvalue weighted by atomic mass is 9.91. The second-order valence-electron chi connectivity index (χ2n) is 5.00. The highest BCUT2D eigenvalue weighted by Gasteiger charge is 2.27. The highest BCUT2D eigenvalue weighted by molar-refractivity contribution is 6.30. The summed E-state index contributed by atoms with van der Waals surface area (Å²) >= 11 is 5.94. The maximum absolute atomic E-state index is 5.94. The summed E-state index contributed by atoms with van der Waals surface area (Å²) < 4.78 is 0. The second-order valence-corrected chi connectivity index (χ2v) is 5.44. The Morgan fingerprint density at radius 3 is 2.19 bits per heavy atom. The quantitative estimate of drug-likeness (QED) is 0.764. The zero-order valence-electron chi connectivity index (χ0n) is 10.1. The molecule has 16 heavy (non-hydrogen) atoms. The van der Waals surface area contributed by atoms with E-state index in [9.17, 15) is 0 Å². The lowest BCUT2D eigenvalue weighted by molar-refractivity contribution is 0.214. The summed E-state index contributed by atoms with van der Waals surface area (Å²) in [7, 11) is 4.36. The van der Waals surface area contributed by atoms with Crippen molar-refractivity contribution in [3.05, 3.63) is 34.9 Å². The maximum atomic E-state index is 5.94. The molecule has 1 aliphatic carbocycles. The molecule has 1 unspecified atom stereocenters. The van der Waals surface area contributed by atoms with Gasteiger partial charge in [-0.1, -0.05) is 36.6 Å². The predicted molar refractivity (Wildman–Crippen MR) is 69.8 cm³/mol. The highest BCUT2D eigenvalue weighted by atomic mass is 35.5. The molecule has 1 atom stereocenters. The standard InChI is InChI=1S/C14H20ClN/c1-16(2)14(11-5-3-4-6-11)12-7-9-13(15)10-8-12/h7-11,14H,3-6H2,1-2H3. The number of halogens is 1. The first kappa shape index (κ1) is 11.9. The van der Waals surface area contributed by atoms with Crippen molar-refractivity contribution >= 4 is 11.6 Å². The van der Waals surface area contributed by atoms with Gasteiger partial charge >= 0.3 is 0 Å². The van der Waals surface area contributed by atoms with E-state index in [0.29, 0.717) is 6.04 Å². The van der Waals surface area contributed by atoms with E-state index >= 15 is 0 Å². The SMILES string of the molecule is CN(C)C(c1ccc(Cl)cc1)C1CCCC1. The molecular weight excluding hydrogens is 218 g/mol. The molecule has 0 aliphatic heterocycles. The summed E-state index contributed by atoms with van der Waals surface area (Å²) in [6, 6.07) is 8.90. The predicted octanol–water partition coefficient (Wildman–Crippen LogP) is 4.13. The Morgan fingerprint density at radius 2 is 1.69 bits per heavy atom. The zero-order chi connectivity index (χ0) is 11.5. The summed E-state index contributed by atoms with van der Waals surface area (Å²) in [6.07, 6.45) is 5.52. The molecular formula is C14H20ClN.